The lowest BCUT2D eigenvalue weighted by molar-refractivity contribution is -0.736. The van der Waals surface area contributed by atoms with Gasteiger partial charge in [0, 0.05) is 11.6 Å². The third-order valence-corrected chi connectivity index (χ3v) is 3.65. The largest absolute Gasteiger partial charge is 0.497 e. The van der Waals surface area contributed by atoms with E-state index in [1.807, 2.05) is 12.1 Å². The monoisotopic (exact) mass is 314 g/mol. The van der Waals surface area contributed by atoms with Crippen LogP contribution >= 0.6 is 0 Å². The molecule has 0 aliphatic carbocycles. The zero-order valence-corrected chi connectivity index (χ0v) is 13.7. The van der Waals surface area contributed by atoms with Crippen LogP contribution in [0.5, 0.6) is 5.75 Å². The van der Waals surface area contributed by atoms with Crippen LogP contribution in [0, 0.1) is 4.91 Å². The second-order valence-corrected chi connectivity index (χ2v) is 5.43. The van der Waals surface area contributed by atoms with Crippen molar-refractivity contribution in [3.05, 3.63) is 64.1 Å². The second-order valence-electron chi connectivity index (χ2n) is 5.43. The highest BCUT2D eigenvalue weighted by molar-refractivity contribution is 6.11. The Bertz CT molecular complexity index is 720. The number of hydrogen-bond donors (Lipinski definition) is 0. The van der Waals surface area contributed by atoms with Crippen LogP contribution in [0.25, 0.3) is 0 Å². The van der Waals surface area contributed by atoms with Gasteiger partial charge in [0.2, 0.25) is 0 Å². The van der Waals surface area contributed by atoms with E-state index in [2.05, 4.69) is 18.7 Å². The van der Waals surface area contributed by atoms with Crippen molar-refractivity contribution in [1.29, 1.82) is 0 Å². The fraction of sp³-hybridized carbons (Fsp3) is 0.278. The smallest absolute Gasteiger partial charge is 0.328 e. The van der Waals surface area contributed by atoms with Crippen LogP contribution in [-0.2, 0) is 4.84 Å². The molecule has 0 heterocycles. The number of hydrogen-bond acceptors (Lipinski definition) is 4. The zero-order valence-electron chi connectivity index (χ0n) is 13.7. The van der Waals surface area contributed by atoms with E-state index in [1.165, 1.54) is 26.4 Å². The predicted octanol–water partition coefficient (Wildman–Crippen LogP) is 4.02. The highest BCUT2D eigenvalue weighted by Gasteiger charge is 2.26. The summed E-state index contributed by atoms with van der Waals surface area (Å²) in [6.07, 6.45) is 0. The van der Waals surface area contributed by atoms with E-state index in [-0.39, 0.29) is 17.0 Å². The first-order valence-electron chi connectivity index (χ1n) is 7.32. The summed E-state index contributed by atoms with van der Waals surface area (Å²) in [7, 11) is 2.76. The zero-order chi connectivity index (χ0) is 17.0. The molecule has 2 rings (SSSR count). The van der Waals surface area contributed by atoms with Gasteiger partial charge in [-0.3, -0.25) is 4.79 Å². The first-order valence-corrected chi connectivity index (χ1v) is 7.32. The minimum Gasteiger partial charge on any atom is -0.497 e. The SMILES string of the molecule is COc1ccc([N+](=O)OC)c(C(=O)c2ccc(C(C)C)cc2)c1. The average molecular weight is 314 g/mol. The van der Waals surface area contributed by atoms with Gasteiger partial charge in [-0.2, -0.15) is 0 Å². The second kappa shape index (κ2) is 7.05. The molecule has 0 bridgehead atoms. The maximum absolute atomic E-state index is 12.8. The number of carbonyl (C=O) groups excluding carboxylic acids is 1. The Balaban J connectivity index is 2.46. The van der Waals surface area contributed by atoms with Crippen LogP contribution in [0.3, 0.4) is 0 Å². The van der Waals surface area contributed by atoms with Crippen molar-refractivity contribution in [2.45, 2.75) is 19.8 Å². The molecule has 0 aliphatic heterocycles. The van der Waals surface area contributed by atoms with Crippen LogP contribution in [0.1, 0.15) is 41.3 Å². The average Bonchev–Trinajstić information content (AvgIpc) is 2.59. The van der Waals surface area contributed by atoms with Gasteiger partial charge in [-0.1, -0.05) is 38.1 Å². The highest BCUT2D eigenvalue weighted by atomic mass is 16.8. The van der Waals surface area contributed by atoms with Gasteiger partial charge in [-0.15, -0.1) is 0 Å². The van der Waals surface area contributed by atoms with Crippen LogP contribution in [-0.4, -0.2) is 24.9 Å². The minimum absolute atomic E-state index is 0.145. The molecular formula is C18H20NO4+. The van der Waals surface area contributed by atoms with Crippen molar-refractivity contribution >= 4 is 11.5 Å². The Hall–Kier alpha value is -2.69. The summed E-state index contributed by atoms with van der Waals surface area (Å²) < 4.78 is 5.15. The van der Waals surface area contributed by atoms with Crippen molar-refractivity contribution < 1.29 is 19.3 Å². The molecule has 5 heteroatoms. The lowest BCUT2D eigenvalue weighted by Crippen LogP contribution is -2.08. The lowest BCUT2D eigenvalue weighted by atomic mass is 9.97. The van der Waals surface area contributed by atoms with E-state index in [1.54, 1.807) is 18.2 Å². The van der Waals surface area contributed by atoms with E-state index in [0.29, 0.717) is 22.2 Å². The Morgan fingerprint density at radius 3 is 2.22 bits per heavy atom. The van der Waals surface area contributed by atoms with Gasteiger partial charge in [0.25, 0.3) is 4.92 Å². The topological polar surface area (TPSA) is 55.6 Å². The normalized spacial score (nSPS) is 10.5. The molecular weight excluding hydrogens is 294 g/mol. The van der Waals surface area contributed by atoms with E-state index in [0.717, 1.165) is 5.56 Å². The molecule has 0 N–H and O–H groups in total. The summed E-state index contributed by atoms with van der Waals surface area (Å²) >= 11 is 0. The van der Waals surface area contributed by atoms with Crippen LogP contribution < -0.4 is 4.74 Å². The van der Waals surface area contributed by atoms with Crippen LogP contribution in [0.4, 0.5) is 5.69 Å². The summed E-state index contributed by atoms with van der Waals surface area (Å²) in [6.45, 7) is 4.18. The summed E-state index contributed by atoms with van der Waals surface area (Å²) in [5, 5.41) is 0. The highest BCUT2D eigenvalue weighted by Crippen LogP contribution is 2.27. The molecule has 0 atom stereocenters. The molecule has 0 unspecified atom stereocenters. The maximum atomic E-state index is 12.8. The molecule has 5 nitrogen and oxygen atoms in total. The number of nitrogens with zero attached hydrogens (tertiary/aromatic N) is 1. The Kier molecular flexibility index (Phi) is 5.11. The molecule has 2 aromatic rings. The molecule has 0 aliphatic rings. The van der Waals surface area contributed by atoms with Crippen molar-refractivity contribution in [3.8, 4) is 5.75 Å². The molecule has 23 heavy (non-hydrogen) atoms. The van der Waals surface area contributed by atoms with E-state index in [4.69, 9.17) is 4.74 Å². The van der Waals surface area contributed by atoms with Crippen molar-refractivity contribution in [2.24, 2.45) is 0 Å². The summed E-state index contributed by atoms with van der Waals surface area (Å²) in [4.78, 5) is 29.6. The number of ketones is 1. The van der Waals surface area contributed by atoms with Crippen molar-refractivity contribution in [2.75, 3.05) is 14.2 Å². The quantitative estimate of drug-likeness (QED) is 0.597. The summed E-state index contributed by atoms with van der Waals surface area (Å²) in [5.41, 5.74) is 2.04. The molecule has 120 valence electrons. The number of ether oxygens (including phenoxy) is 1. The van der Waals surface area contributed by atoms with Gasteiger partial charge in [0.1, 0.15) is 11.3 Å². The third kappa shape index (κ3) is 3.56. The number of carbonyl (C=O) groups is 1. The van der Waals surface area contributed by atoms with E-state index in [9.17, 15) is 9.70 Å². The first kappa shape index (κ1) is 16.7. The molecule has 0 fully saturated rings. The Morgan fingerprint density at radius 1 is 1.04 bits per heavy atom. The summed E-state index contributed by atoms with van der Waals surface area (Å²) in [6, 6.07) is 12.0. The molecule has 0 aromatic heterocycles. The molecule has 0 saturated carbocycles. The Labute approximate surface area is 135 Å². The number of rotatable bonds is 6. The van der Waals surface area contributed by atoms with Crippen LogP contribution in [0.2, 0.25) is 0 Å². The van der Waals surface area contributed by atoms with Crippen molar-refractivity contribution in [1.82, 2.24) is 0 Å². The molecule has 0 amide bonds. The van der Waals surface area contributed by atoms with Gasteiger partial charge in [0.05, 0.1) is 12.0 Å². The third-order valence-electron chi connectivity index (χ3n) is 3.65. The number of benzene rings is 2. The molecule has 0 saturated heterocycles. The van der Waals surface area contributed by atoms with Crippen LogP contribution in [0.15, 0.2) is 42.5 Å². The fourth-order valence-electron chi connectivity index (χ4n) is 2.26. The predicted molar refractivity (Wildman–Crippen MR) is 87.3 cm³/mol. The molecule has 0 spiro atoms. The van der Waals surface area contributed by atoms with Gasteiger partial charge in [0.15, 0.2) is 12.9 Å². The van der Waals surface area contributed by atoms with E-state index >= 15 is 0 Å². The maximum Gasteiger partial charge on any atom is 0.328 e. The van der Waals surface area contributed by atoms with Gasteiger partial charge >= 0.3 is 5.69 Å². The molecule has 2 aromatic carbocycles. The van der Waals surface area contributed by atoms with Crippen molar-refractivity contribution in [3.63, 3.8) is 0 Å². The van der Waals surface area contributed by atoms with Gasteiger partial charge < -0.3 is 4.74 Å². The minimum atomic E-state index is -0.257. The Morgan fingerprint density at radius 2 is 1.70 bits per heavy atom. The fourth-order valence-corrected chi connectivity index (χ4v) is 2.26. The summed E-state index contributed by atoms with van der Waals surface area (Å²) in [5.74, 6) is 0.629. The van der Waals surface area contributed by atoms with Gasteiger partial charge in [-0.05, 0) is 23.6 Å². The standard InChI is InChI=1S/C18H20NO4/c1-12(2)13-5-7-14(8-6-13)18(20)16-11-15(22-3)9-10-17(16)19(21)23-4/h5-12H,1-4H3/q+1. The van der Waals surface area contributed by atoms with E-state index < -0.39 is 0 Å². The lowest BCUT2D eigenvalue weighted by Gasteiger charge is -2.07. The number of methoxy groups -OCH3 is 1. The van der Waals surface area contributed by atoms with Gasteiger partial charge in [-0.25, -0.2) is 4.84 Å². The molecule has 0 radical (unpaired) electrons. The first-order chi connectivity index (χ1) is 11.0.